The first-order chi connectivity index (χ1) is 7.27. The predicted octanol–water partition coefficient (Wildman–Crippen LogP) is 3.30. The Hall–Kier alpha value is -1.51. The Labute approximate surface area is 113 Å². The summed E-state index contributed by atoms with van der Waals surface area (Å²) in [6.07, 6.45) is 0. The molecule has 1 amide bonds. The maximum atomic E-state index is 11.0. The number of nitrogens with two attached hydrogens (primary N) is 1. The van der Waals surface area contributed by atoms with Crippen molar-refractivity contribution in [2.24, 2.45) is 5.73 Å². The van der Waals surface area contributed by atoms with Crippen LogP contribution in [0.3, 0.4) is 0 Å². The van der Waals surface area contributed by atoms with E-state index in [1.165, 1.54) is 0 Å². The fourth-order valence-electron chi connectivity index (χ4n) is 1.48. The summed E-state index contributed by atoms with van der Waals surface area (Å²) >= 11 is 0. The number of primary amides is 1. The Morgan fingerprint density at radius 3 is 2.00 bits per heavy atom. The molecule has 0 unspecified atom stereocenters. The Morgan fingerprint density at radius 2 is 1.41 bits per heavy atom. The molecule has 0 saturated heterocycles. The summed E-state index contributed by atoms with van der Waals surface area (Å²) in [5.74, 6) is -0.396. The lowest BCUT2D eigenvalue weighted by Crippen LogP contribution is -2.10. The highest BCUT2D eigenvalue weighted by atomic mass is 35.5. The number of hydrogen-bond donors (Lipinski definition) is 1. The molecule has 0 aliphatic rings. The minimum atomic E-state index is -0.396. The maximum Gasteiger partial charge on any atom is 0.248 e. The van der Waals surface area contributed by atoms with E-state index in [1.807, 2.05) is 42.5 Å². The average Bonchev–Trinajstić information content (AvgIpc) is 2.30. The van der Waals surface area contributed by atoms with Gasteiger partial charge in [-0.3, -0.25) is 4.79 Å². The zero-order chi connectivity index (χ0) is 10.7. The minimum absolute atomic E-state index is 0. The third-order valence-corrected chi connectivity index (χ3v) is 2.25. The molecule has 0 saturated carbocycles. The van der Waals surface area contributed by atoms with Crippen molar-refractivity contribution >= 4 is 30.7 Å². The number of hydrogen-bond acceptors (Lipinski definition) is 1. The molecular formula is C13H13Cl2NO. The Morgan fingerprint density at radius 1 is 0.824 bits per heavy atom. The van der Waals surface area contributed by atoms with Crippen LogP contribution in [-0.2, 0) is 0 Å². The second kappa shape index (κ2) is 6.94. The van der Waals surface area contributed by atoms with Crippen LogP contribution < -0.4 is 5.73 Å². The van der Waals surface area contributed by atoms with Crippen molar-refractivity contribution in [2.45, 2.75) is 0 Å². The predicted molar refractivity (Wildman–Crippen MR) is 74.9 cm³/mol. The van der Waals surface area contributed by atoms with Crippen LogP contribution in [0.5, 0.6) is 0 Å². The minimum Gasteiger partial charge on any atom is -0.366 e. The van der Waals surface area contributed by atoms with Gasteiger partial charge >= 0.3 is 0 Å². The van der Waals surface area contributed by atoms with Crippen LogP contribution >= 0.6 is 24.8 Å². The van der Waals surface area contributed by atoms with Gasteiger partial charge in [0.1, 0.15) is 0 Å². The van der Waals surface area contributed by atoms with Crippen molar-refractivity contribution in [3.05, 3.63) is 60.2 Å². The summed E-state index contributed by atoms with van der Waals surface area (Å²) in [5.41, 5.74) is 7.85. The van der Waals surface area contributed by atoms with Crippen LogP contribution in [0.4, 0.5) is 0 Å². The van der Waals surface area contributed by atoms with E-state index in [4.69, 9.17) is 5.73 Å². The topological polar surface area (TPSA) is 43.1 Å². The van der Waals surface area contributed by atoms with Gasteiger partial charge < -0.3 is 5.73 Å². The second-order valence-electron chi connectivity index (χ2n) is 3.31. The summed E-state index contributed by atoms with van der Waals surface area (Å²) in [6.45, 7) is 0. The van der Waals surface area contributed by atoms with Crippen LogP contribution in [-0.4, -0.2) is 5.91 Å². The van der Waals surface area contributed by atoms with Crippen molar-refractivity contribution in [3.63, 3.8) is 0 Å². The van der Waals surface area contributed by atoms with Crippen molar-refractivity contribution in [1.29, 1.82) is 0 Å². The molecule has 2 nitrogen and oxygen atoms in total. The van der Waals surface area contributed by atoms with Gasteiger partial charge in [-0.2, -0.15) is 0 Å². The molecule has 0 bridgehead atoms. The van der Waals surface area contributed by atoms with Crippen molar-refractivity contribution in [2.75, 3.05) is 0 Å². The quantitative estimate of drug-likeness (QED) is 0.893. The molecule has 0 fully saturated rings. The highest BCUT2D eigenvalue weighted by molar-refractivity contribution is 5.94. The Bertz CT molecular complexity index is 486. The van der Waals surface area contributed by atoms with Gasteiger partial charge in [0, 0.05) is 5.56 Å². The molecule has 0 aliphatic heterocycles. The van der Waals surface area contributed by atoms with Crippen LogP contribution in [0, 0.1) is 0 Å². The number of carbonyl (C=O) groups is 1. The van der Waals surface area contributed by atoms with E-state index < -0.39 is 5.91 Å². The highest BCUT2D eigenvalue weighted by Gasteiger charge is 2.02. The van der Waals surface area contributed by atoms with Gasteiger partial charge in [-0.15, -0.1) is 24.8 Å². The molecule has 90 valence electrons. The van der Waals surface area contributed by atoms with Crippen LogP contribution in [0.25, 0.3) is 11.1 Å². The standard InChI is InChI=1S/C13H11NO.2ClH/c14-13(15)12-8-4-7-11(9-12)10-5-2-1-3-6-10;;/h1-9H,(H2,14,15);2*1H. The molecule has 0 heterocycles. The first-order valence-electron chi connectivity index (χ1n) is 4.72. The van der Waals surface area contributed by atoms with E-state index in [2.05, 4.69) is 0 Å². The molecule has 2 N–H and O–H groups in total. The lowest BCUT2D eigenvalue weighted by molar-refractivity contribution is 0.100. The molecule has 2 aromatic carbocycles. The Kier molecular flexibility index (Phi) is 6.33. The molecule has 0 atom stereocenters. The van der Waals surface area contributed by atoms with Gasteiger partial charge in [0.05, 0.1) is 0 Å². The number of halogens is 2. The lowest BCUT2D eigenvalue weighted by atomic mass is 10.0. The number of amides is 1. The molecular weight excluding hydrogens is 257 g/mol. The fourth-order valence-corrected chi connectivity index (χ4v) is 1.48. The Balaban J connectivity index is 0.00000128. The normalized spacial score (nSPS) is 8.71. The molecule has 0 radical (unpaired) electrons. The summed E-state index contributed by atoms with van der Waals surface area (Å²) in [6, 6.07) is 17.2. The van der Waals surface area contributed by atoms with E-state index in [9.17, 15) is 4.79 Å². The third kappa shape index (κ3) is 3.77. The van der Waals surface area contributed by atoms with Gasteiger partial charge in [0.2, 0.25) is 5.91 Å². The van der Waals surface area contributed by atoms with Gasteiger partial charge in [0.25, 0.3) is 0 Å². The molecule has 4 heteroatoms. The molecule has 2 aromatic rings. The second-order valence-corrected chi connectivity index (χ2v) is 3.31. The molecule has 0 spiro atoms. The van der Waals surface area contributed by atoms with Crippen molar-refractivity contribution in [3.8, 4) is 11.1 Å². The van der Waals surface area contributed by atoms with Crippen LogP contribution in [0.2, 0.25) is 0 Å². The molecule has 0 aliphatic carbocycles. The van der Waals surface area contributed by atoms with Crippen molar-refractivity contribution in [1.82, 2.24) is 0 Å². The first kappa shape index (κ1) is 15.5. The van der Waals surface area contributed by atoms with E-state index in [0.717, 1.165) is 11.1 Å². The van der Waals surface area contributed by atoms with E-state index >= 15 is 0 Å². The monoisotopic (exact) mass is 269 g/mol. The number of carbonyl (C=O) groups excluding carboxylic acids is 1. The van der Waals surface area contributed by atoms with E-state index in [0.29, 0.717) is 5.56 Å². The molecule has 0 aromatic heterocycles. The summed E-state index contributed by atoms with van der Waals surface area (Å²) < 4.78 is 0. The molecule has 17 heavy (non-hydrogen) atoms. The average molecular weight is 270 g/mol. The zero-order valence-corrected chi connectivity index (χ0v) is 10.6. The van der Waals surface area contributed by atoms with Crippen LogP contribution in [0.15, 0.2) is 54.6 Å². The fraction of sp³-hybridized carbons (Fsp3) is 0. The summed E-state index contributed by atoms with van der Waals surface area (Å²) in [4.78, 5) is 11.0. The third-order valence-electron chi connectivity index (χ3n) is 2.25. The number of rotatable bonds is 2. The first-order valence-corrected chi connectivity index (χ1v) is 4.72. The largest absolute Gasteiger partial charge is 0.366 e. The van der Waals surface area contributed by atoms with Gasteiger partial charge in [0.15, 0.2) is 0 Å². The summed E-state index contributed by atoms with van der Waals surface area (Å²) in [5, 5.41) is 0. The van der Waals surface area contributed by atoms with Gasteiger partial charge in [-0.1, -0.05) is 42.5 Å². The van der Waals surface area contributed by atoms with E-state index in [-0.39, 0.29) is 24.8 Å². The lowest BCUT2D eigenvalue weighted by Gasteiger charge is -2.02. The smallest absolute Gasteiger partial charge is 0.248 e. The van der Waals surface area contributed by atoms with E-state index in [1.54, 1.807) is 12.1 Å². The van der Waals surface area contributed by atoms with Crippen LogP contribution in [0.1, 0.15) is 10.4 Å². The van der Waals surface area contributed by atoms with Gasteiger partial charge in [-0.05, 0) is 23.3 Å². The SMILES string of the molecule is Cl.Cl.NC(=O)c1cccc(-c2ccccc2)c1. The van der Waals surface area contributed by atoms with Gasteiger partial charge in [-0.25, -0.2) is 0 Å². The molecule has 2 rings (SSSR count). The highest BCUT2D eigenvalue weighted by Crippen LogP contribution is 2.19. The maximum absolute atomic E-state index is 11.0. The summed E-state index contributed by atoms with van der Waals surface area (Å²) in [7, 11) is 0. The van der Waals surface area contributed by atoms with Crippen molar-refractivity contribution < 1.29 is 4.79 Å². The zero-order valence-electron chi connectivity index (χ0n) is 9.00. The number of benzene rings is 2.